The quantitative estimate of drug-likeness (QED) is 0.0771. The molecule has 0 amide bonds. The lowest BCUT2D eigenvalue weighted by molar-refractivity contribution is -0.192. The number of nitriles is 3. The summed E-state index contributed by atoms with van der Waals surface area (Å²) in [6.45, 7) is 5.47. The first kappa shape index (κ1) is 59.1. The third-order valence-electron chi connectivity index (χ3n) is 10.8. The van der Waals surface area contributed by atoms with Gasteiger partial charge in [-0.2, -0.15) is 29.0 Å². The molecule has 0 aliphatic rings. The summed E-state index contributed by atoms with van der Waals surface area (Å²) in [4.78, 5) is 72.0. The van der Waals surface area contributed by atoms with Crippen LogP contribution in [0.4, 0.5) is 26.3 Å². The molecule has 9 aromatic rings. The highest BCUT2D eigenvalue weighted by atomic mass is 79.9. The van der Waals surface area contributed by atoms with Gasteiger partial charge in [0.2, 0.25) is 34.7 Å². The van der Waals surface area contributed by atoms with Gasteiger partial charge >= 0.3 is 12.1 Å². The van der Waals surface area contributed by atoms with Crippen molar-refractivity contribution in [1.29, 1.82) is 15.8 Å². The minimum absolute atomic E-state index is 0.00289. The average molecular weight is 1280 g/mol. The van der Waals surface area contributed by atoms with Crippen LogP contribution in [-0.4, -0.2) is 93.0 Å². The zero-order valence-corrected chi connectivity index (χ0v) is 45.0. The van der Waals surface area contributed by atoms with Crippen molar-refractivity contribution in [3.8, 4) is 35.5 Å². The molecular weight excluding hydrogens is 1250 g/mol. The van der Waals surface area contributed by atoms with Crippen LogP contribution in [-0.2, 0) is 24.1 Å². The highest BCUT2D eigenvalue weighted by Gasteiger charge is 2.38. The van der Waals surface area contributed by atoms with Crippen molar-refractivity contribution in [3.63, 3.8) is 0 Å². The minimum Gasteiger partial charge on any atom is -0.506 e. The smallest absolute Gasteiger partial charge is 0.490 e. The van der Waals surface area contributed by atoms with Gasteiger partial charge in [-0.25, -0.2) is 47.9 Å². The number of halogens is 9. The number of hydrogen-bond donors (Lipinski definition) is 4. The van der Waals surface area contributed by atoms with Crippen LogP contribution in [0.15, 0.2) is 87.0 Å². The SMILES string of the molecule is CCc1nc2ncc(F)cn2c1C(=O)c1cc(Br)c(O)c(Br)c1.CCc1nc2ncc(F)cn2c1C(=O)c1cc(Br)c(O)c(C#N)c1.CCc1nc2ncc(F)cn2c1C(=O)c1cc(C#N)c(O)c(C#N)c1.O=C(O)C(F)(F)F. The Morgan fingerprint density at radius 1 is 0.519 bits per heavy atom. The number of carboxylic acids is 1. The average Bonchev–Trinajstić information content (AvgIpc) is 4.26. The second-order valence-corrected chi connectivity index (χ2v) is 18.4. The van der Waals surface area contributed by atoms with E-state index in [-0.39, 0.29) is 84.0 Å². The number of alkyl halides is 3. The number of aliphatic carboxylic acids is 1. The lowest BCUT2D eigenvalue weighted by Crippen LogP contribution is -2.21. The molecule has 0 spiro atoms. The second kappa shape index (κ2) is 24.5. The van der Waals surface area contributed by atoms with E-state index in [9.17, 15) is 56.0 Å². The van der Waals surface area contributed by atoms with Crippen molar-refractivity contribution in [3.05, 3.63) is 172 Å². The highest BCUT2D eigenvalue weighted by Crippen LogP contribution is 2.35. The number of aromatic hydroxyl groups is 3. The minimum atomic E-state index is -5.08. The number of aryl methyl sites for hydroxylation is 3. The van der Waals surface area contributed by atoms with E-state index in [1.54, 1.807) is 19.1 Å². The Balaban J connectivity index is 0.000000180. The van der Waals surface area contributed by atoms with E-state index in [0.29, 0.717) is 50.9 Å². The summed E-state index contributed by atoms with van der Waals surface area (Å²) in [5.41, 5.74) is 2.07. The van der Waals surface area contributed by atoms with E-state index in [0.717, 1.165) is 31.0 Å². The summed E-state index contributed by atoms with van der Waals surface area (Å²) < 4.78 is 77.2. The van der Waals surface area contributed by atoms with Gasteiger partial charge in [-0.3, -0.25) is 27.6 Å². The number of phenols is 3. The summed E-state index contributed by atoms with van der Waals surface area (Å²) in [6.07, 6.45) is 2.79. The fourth-order valence-electron chi connectivity index (χ4n) is 7.19. The number of carboxylic acid groups (broad SMARTS) is 1. The maximum atomic E-state index is 13.5. The molecule has 29 heteroatoms. The Labute approximate surface area is 464 Å². The lowest BCUT2D eigenvalue weighted by atomic mass is 9.99. The summed E-state index contributed by atoms with van der Waals surface area (Å²) in [6, 6.07) is 13.4. The third-order valence-corrected chi connectivity index (χ3v) is 12.6. The van der Waals surface area contributed by atoms with Crippen molar-refractivity contribution in [2.75, 3.05) is 0 Å². The molecule has 0 saturated heterocycles. The maximum Gasteiger partial charge on any atom is 0.490 e. The molecule has 6 heterocycles. The number of ketones is 3. The van der Waals surface area contributed by atoms with Crippen LogP contribution in [0.1, 0.15) is 103 Å². The fourth-order valence-corrected chi connectivity index (χ4v) is 8.83. The molecule has 0 bridgehead atoms. The molecular formula is C50H31Br3F6N12O8. The van der Waals surface area contributed by atoms with Crippen molar-refractivity contribution >= 4 is 88.4 Å². The molecule has 0 atom stereocenters. The Bertz CT molecular complexity index is 4030. The van der Waals surface area contributed by atoms with Gasteiger partial charge in [0.05, 0.1) is 84.4 Å². The first-order chi connectivity index (χ1) is 37.3. The van der Waals surface area contributed by atoms with Gasteiger partial charge in [0.25, 0.3) is 0 Å². The fraction of sp³-hybridized carbons (Fsp3) is 0.140. The molecule has 0 aliphatic carbocycles. The first-order valence-electron chi connectivity index (χ1n) is 22.1. The predicted molar refractivity (Wildman–Crippen MR) is 273 cm³/mol. The van der Waals surface area contributed by atoms with E-state index in [1.165, 1.54) is 55.8 Å². The van der Waals surface area contributed by atoms with E-state index >= 15 is 0 Å². The Hall–Kier alpha value is -9.11. The van der Waals surface area contributed by atoms with Gasteiger partial charge in [-0.15, -0.1) is 0 Å². The molecule has 0 unspecified atom stereocenters. The van der Waals surface area contributed by atoms with Crippen LogP contribution in [0, 0.1) is 51.4 Å². The zero-order valence-electron chi connectivity index (χ0n) is 40.2. The number of imidazole rings is 3. The van der Waals surface area contributed by atoms with Crippen LogP contribution < -0.4 is 0 Å². The van der Waals surface area contributed by atoms with Gasteiger partial charge < -0.3 is 20.4 Å². The summed E-state index contributed by atoms with van der Waals surface area (Å²) in [5.74, 6) is -5.94. The van der Waals surface area contributed by atoms with Crippen LogP contribution >= 0.6 is 47.8 Å². The molecule has 79 heavy (non-hydrogen) atoms. The van der Waals surface area contributed by atoms with Crippen LogP contribution in [0.3, 0.4) is 0 Å². The molecule has 9 rings (SSSR count). The van der Waals surface area contributed by atoms with E-state index < -0.39 is 46.9 Å². The zero-order chi connectivity index (χ0) is 58.4. The molecule has 3 aromatic carbocycles. The topological polar surface area (TPSA) is 311 Å². The number of carbonyl (C=O) groups excluding carboxylic acids is 3. The lowest BCUT2D eigenvalue weighted by Gasteiger charge is -2.07. The number of hydrogen-bond acceptors (Lipinski definition) is 16. The number of benzene rings is 3. The van der Waals surface area contributed by atoms with Crippen molar-refractivity contribution < 1.29 is 65.9 Å². The third kappa shape index (κ3) is 12.7. The van der Waals surface area contributed by atoms with Crippen LogP contribution in [0.25, 0.3) is 17.3 Å². The molecule has 20 nitrogen and oxygen atoms in total. The van der Waals surface area contributed by atoms with E-state index in [2.05, 4.69) is 77.7 Å². The Morgan fingerprint density at radius 3 is 1.06 bits per heavy atom. The monoisotopic (exact) mass is 1280 g/mol. The number of carbonyl (C=O) groups is 4. The first-order valence-corrected chi connectivity index (χ1v) is 24.5. The molecule has 402 valence electrons. The van der Waals surface area contributed by atoms with Crippen LogP contribution in [0.5, 0.6) is 17.2 Å². The molecule has 4 N–H and O–H groups in total. The highest BCUT2D eigenvalue weighted by molar-refractivity contribution is 9.11. The number of nitrogens with zero attached hydrogens (tertiary/aromatic N) is 12. The number of aromatic nitrogens is 9. The standard InChI is InChI=1S/C17H10FN5O2.C16H10BrFN4O2.C15H10Br2FN3O2.C2HF3O2/c1-2-13-14(23-8-12(18)7-21-17(23)22-13)16(25)9-3-10(5-19)15(24)11(4-9)6-20;1-2-12-13(22-7-10(18)6-20-16(22)21-12)15(24)8-3-9(5-19)14(23)11(17)4-8;1-2-11-12(21-6-8(18)5-19-15(21)20-11)13(22)7-3-9(16)14(23)10(17)4-7;3-2(4,5)1(6)7/h3-4,7-8,24H,2H2,1H3;3-4,6-7,23H,2H2,1H3;3-6,23H,2H2,1H3;(H,6,7). The summed E-state index contributed by atoms with van der Waals surface area (Å²) in [7, 11) is 0. The number of fused-ring (bicyclic) bond motifs is 3. The summed E-state index contributed by atoms with van der Waals surface area (Å²) in [5, 5.41) is 63.7. The molecule has 0 radical (unpaired) electrons. The second-order valence-electron chi connectivity index (χ2n) is 15.8. The Kier molecular flexibility index (Phi) is 18.3. The number of rotatable bonds is 9. The maximum absolute atomic E-state index is 13.5. The molecule has 0 aliphatic heterocycles. The van der Waals surface area contributed by atoms with Gasteiger partial charge in [0.1, 0.15) is 46.8 Å². The molecule has 0 fully saturated rings. The number of phenolic OH excluding ortho intramolecular Hbond substituents is 3. The van der Waals surface area contributed by atoms with Crippen LogP contribution in [0.2, 0.25) is 0 Å². The van der Waals surface area contributed by atoms with Crippen molar-refractivity contribution in [2.45, 2.75) is 46.2 Å². The van der Waals surface area contributed by atoms with Gasteiger partial charge in [-0.05, 0) is 103 Å². The van der Waals surface area contributed by atoms with Crippen molar-refractivity contribution in [2.24, 2.45) is 0 Å². The van der Waals surface area contributed by atoms with Gasteiger partial charge in [0.15, 0.2) is 23.2 Å². The normalized spacial score (nSPS) is 10.8. The van der Waals surface area contributed by atoms with Gasteiger partial charge in [0, 0.05) is 16.7 Å². The van der Waals surface area contributed by atoms with Gasteiger partial charge in [-0.1, -0.05) is 20.8 Å². The predicted octanol–water partition coefficient (Wildman–Crippen LogP) is 9.64. The molecule has 0 saturated carbocycles. The Morgan fingerprint density at radius 2 is 0.785 bits per heavy atom. The van der Waals surface area contributed by atoms with E-state index in [1.807, 2.05) is 19.9 Å². The molecule has 6 aromatic heterocycles. The largest absolute Gasteiger partial charge is 0.506 e. The van der Waals surface area contributed by atoms with Crippen molar-refractivity contribution in [1.82, 2.24) is 43.1 Å². The van der Waals surface area contributed by atoms with E-state index in [4.69, 9.17) is 25.7 Å². The summed E-state index contributed by atoms with van der Waals surface area (Å²) >= 11 is 9.52.